The second kappa shape index (κ2) is 14.5. The highest BCUT2D eigenvalue weighted by atomic mass is 16.6. The summed E-state index contributed by atoms with van der Waals surface area (Å²) >= 11 is 0. The van der Waals surface area contributed by atoms with Crippen LogP contribution in [0.25, 0.3) is 0 Å². The number of allylic oxidation sites excluding steroid dienone is 1. The van der Waals surface area contributed by atoms with E-state index in [1.807, 2.05) is 0 Å². The summed E-state index contributed by atoms with van der Waals surface area (Å²) in [5.74, 6) is -5.90. The molecule has 2 fully saturated rings. The maximum absolute atomic E-state index is 13.3. The number of fused-ring (bicyclic) bond motifs is 3. The number of hydrogen-bond acceptors (Lipinski definition) is 11. The fourth-order valence-electron chi connectivity index (χ4n) is 6.74. The van der Waals surface area contributed by atoms with E-state index in [4.69, 9.17) is 23.7 Å². The molecule has 1 saturated heterocycles. The van der Waals surface area contributed by atoms with E-state index in [2.05, 4.69) is 6.92 Å². The van der Waals surface area contributed by atoms with Gasteiger partial charge in [-0.2, -0.15) is 0 Å². The minimum atomic E-state index is -2.07. The molecule has 2 aliphatic carbocycles. The molecular formula is C34H50O11. The zero-order valence-corrected chi connectivity index (χ0v) is 28.1. The molecule has 0 aromatic rings. The summed E-state index contributed by atoms with van der Waals surface area (Å²) in [5.41, 5.74) is -2.61. The van der Waals surface area contributed by atoms with Crippen LogP contribution in [-0.2, 0) is 47.7 Å². The van der Waals surface area contributed by atoms with Gasteiger partial charge in [0.2, 0.25) is 0 Å². The maximum Gasteiger partial charge on any atom is 0.334 e. The van der Waals surface area contributed by atoms with Crippen LogP contribution in [0.2, 0.25) is 0 Å². The van der Waals surface area contributed by atoms with E-state index in [1.165, 1.54) is 13.8 Å². The molecule has 1 heterocycles. The number of aliphatic hydroxyl groups is 1. The molecule has 0 unspecified atom stereocenters. The molecule has 0 aromatic carbocycles. The van der Waals surface area contributed by atoms with E-state index in [0.717, 1.165) is 25.7 Å². The fraction of sp³-hybridized carbons (Fsp3) is 0.735. The number of carbonyl (C=O) groups excluding carboxylic acids is 5. The Hall–Kier alpha value is -3.21. The molecular weight excluding hydrogens is 584 g/mol. The molecule has 3 rings (SSSR count). The lowest BCUT2D eigenvalue weighted by Crippen LogP contribution is -2.56. The second-order valence-electron chi connectivity index (χ2n) is 13.1. The van der Waals surface area contributed by atoms with Crippen molar-refractivity contribution in [2.75, 3.05) is 0 Å². The number of carbonyl (C=O) groups is 5. The average Bonchev–Trinajstić information content (AvgIpc) is 3.33. The van der Waals surface area contributed by atoms with Gasteiger partial charge < -0.3 is 28.8 Å². The predicted octanol–water partition coefficient (Wildman–Crippen LogP) is 4.67. The van der Waals surface area contributed by atoms with E-state index >= 15 is 0 Å². The highest BCUT2D eigenvalue weighted by Gasteiger charge is 2.71. The minimum Gasteiger partial charge on any atom is -0.459 e. The number of unbranched alkanes of at least 4 members (excludes halogenated alkanes) is 4. The third-order valence-electron chi connectivity index (χ3n) is 9.44. The first-order valence-electron chi connectivity index (χ1n) is 16.1. The van der Waals surface area contributed by atoms with Gasteiger partial charge >= 0.3 is 29.8 Å². The van der Waals surface area contributed by atoms with Crippen molar-refractivity contribution in [3.8, 4) is 0 Å². The quantitative estimate of drug-likeness (QED) is 0.105. The molecule has 3 aliphatic rings. The Balaban J connectivity index is 2.20. The molecule has 0 bridgehead atoms. The van der Waals surface area contributed by atoms with Gasteiger partial charge in [-0.1, -0.05) is 52.5 Å². The number of hydrogen-bond donors (Lipinski definition) is 1. The monoisotopic (exact) mass is 634 g/mol. The number of rotatable bonds is 12. The van der Waals surface area contributed by atoms with E-state index in [-0.39, 0.29) is 12.8 Å². The van der Waals surface area contributed by atoms with Crippen LogP contribution < -0.4 is 0 Å². The summed E-state index contributed by atoms with van der Waals surface area (Å²) in [4.78, 5) is 65.1. The van der Waals surface area contributed by atoms with Crippen LogP contribution >= 0.6 is 0 Å². The molecule has 11 heteroatoms. The maximum atomic E-state index is 13.3. The molecule has 1 N–H and O–H groups in total. The van der Waals surface area contributed by atoms with Crippen LogP contribution in [0.5, 0.6) is 0 Å². The molecule has 11 nitrogen and oxygen atoms in total. The standard InChI is InChI=1S/C34H50O11/c1-10-12-13-14-15-16-24(36)42-28-26-25(20(6)27(28)43-31(38)19(5)11-2)29-34(40,21(7)32(39)44-29)23(41-30(37)18(3)4)17-33(26,9)45-22(8)35/h11,18,21,23,26-29,40H,10,12-17H2,1-9H3/b19-11-/t21-,23-,26+,27-,28-,29-,33-,34+/m0/s1. The van der Waals surface area contributed by atoms with Gasteiger partial charge in [-0.25, -0.2) is 4.79 Å². The van der Waals surface area contributed by atoms with Gasteiger partial charge in [0.1, 0.15) is 11.7 Å². The van der Waals surface area contributed by atoms with Crippen LogP contribution in [0.3, 0.4) is 0 Å². The zero-order chi connectivity index (χ0) is 33.9. The summed E-state index contributed by atoms with van der Waals surface area (Å²) in [7, 11) is 0. The van der Waals surface area contributed by atoms with Crippen molar-refractivity contribution in [2.45, 2.75) is 143 Å². The lowest BCUT2D eigenvalue weighted by atomic mass is 9.78. The molecule has 0 spiro atoms. The Morgan fingerprint density at radius 3 is 2.29 bits per heavy atom. The van der Waals surface area contributed by atoms with Crippen LogP contribution in [-0.4, -0.2) is 70.6 Å². The molecule has 0 radical (unpaired) electrons. The van der Waals surface area contributed by atoms with Crippen molar-refractivity contribution in [1.82, 2.24) is 0 Å². The van der Waals surface area contributed by atoms with Gasteiger partial charge in [0.25, 0.3) is 0 Å². The zero-order valence-electron chi connectivity index (χ0n) is 28.1. The number of ether oxygens (including phenoxy) is 5. The SMILES string of the molecule is C/C=C(/C)C(=O)O[C@H]1C(C)=C2[C@H]([C@@H]1OC(=O)CCCCCCC)[C@@](C)(OC(C)=O)C[C@H](OC(=O)C(C)C)[C@]1(O)[C@@H](C)C(=O)O[C@@H]21. The largest absolute Gasteiger partial charge is 0.459 e. The van der Waals surface area contributed by atoms with Gasteiger partial charge in [-0.15, -0.1) is 0 Å². The Labute approximate surface area is 266 Å². The van der Waals surface area contributed by atoms with Crippen molar-refractivity contribution >= 4 is 29.8 Å². The first-order valence-corrected chi connectivity index (χ1v) is 16.1. The summed E-state index contributed by atoms with van der Waals surface area (Å²) in [5, 5.41) is 12.4. The Kier molecular flexibility index (Phi) is 11.7. The molecule has 0 amide bonds. The molecule has 45 heavy (non-hydrogen) atoms. The van der Waals surface area contributed by atoms with Crippen molar-refractivity contribution in [2.24, 2.45) is 17.8 Å². The van der Waals surface area contributed by atoms with E-state index in [1.54, 1.807) is 47.6 Å². The lowest BCUT2D eigenvalue weighted by Gasteiger charge is -2.40. The fourth-order valence-corrected chi connectivity index (χ4v) is 6.74. The normalized spacial score (nSPS) is 32.8. The first-order chi connectivity index (χ1) is 21.0. The predicted molar refractivity (Wildman–Crippen MR) is 162 cm³/mol. The molecule has 8 atom stereocenters. The van der Waals surface area contributed by atoms with Crippen molar-refractivity contribution in [3.63, 3.8) is 0 Å². The highest BCUT2D eigenvalue weighted by Crippen LogP contribution is 2.56. The lowest BCUT2D eigenvalue weighted by molar-refractivity contribution is -0.194. The highest BCUT2D eigenvalue weighted by molar-refractivity contribution is 5.88. The smallest absolute Gasteiger partial charge is 0.334 e. The van der Waals surface area contributed by atoms with Crippen molar-refractivity contribution in [3.05, 3.63) is 22.8 Å². The summed E-state index contributed by atoms with van der Waals surface area (Å²) in [6.07, 6.45) is 0.953. The van der Waals surface area contributed by atoms with Crippen LogP contribution in [0.1, 0.15) is 107 Å². The molecule has 252 valence electrons. The average molecular weight is 635 g/mol. The summed E-state index contributed by atoms with van der Waals surface area (Å²) in [6, 6.07) is 0. The van der Waals surface area contributed by atoms with Gasteiger partial charge in [0, 0.05) is 25.3 Å². The number of esters is 5. The Morgan fingerprint density at radius 2 is 1.71 bits per heavy atom. The Bertz CT molecular complexity index is 1230. The van der Waals surface area contributed by atoms with Gasteiger partial charge in [0.05, 0.1) is 17.8 Å². The summed E-state index contributed by atoms with van der Waals surface area (Å²) in [6.45, 7) is 14.6. The first kappa shape index (κ1) is 36.3. The molecule has 0 aromatic heterocycles. The molecule has 1 saturated carbocycles. The van der Waals surface area contributed by atoms with Crippen molar-refractivity contribution in [1.29, 1.82) is 0 Å². The minimum absolute atomic E-state index is 0.119. The molecule has 1 aliphatic heterocycles. The third-order valence-corrected chi connectivity index (χ3v) is 9.44. The van der Waals surface area contributed by atoms with Gasteiger partial charge in [-0.05, 0) is 52.2 Å². The van der Waals surface area contributed by atoms with Gasteiger partial charge in [-0.3, -0.25) is 19.2 Å². The van der Waals surface area contributed by atoms with E-state index < -0.39 is 83.2 Å². The second-order valence-corrected chi connectivity index (χ2v) is 13.1. The van der Waals surface area contributed by atoms with Gasteiger partial charge in [0.15, 0.2) is 23.9 Å². The third kappa shape index (κ3) is 7.28. The van der Waals surface area contributed by atoms with E-state index in [0.29, 0.717) is 23.1 Å². The topological polar surface area (TPSA) is 152 Å². The summed E-state index contributed by atoms with van der Waals surface area (Å²) < 4.78 is 29.7. The van der Waals surface area contributed by atoms with E-state index in [9.17, 15) is 29.1 Å². The van der Waals surface area contributed by atoms with Crippen molar-refractivity contribution < 1.29 is 52.8 Å². The van der Waals surface area contributed by atoms with Crippen LogP contribution in [0.15, 0.2) is 22.8 Å². The Morgan fingerprint density at radius 1 is 1.07 bits per heavy atom. The van der Waals surface area contributed by atoms with Crippen LogP contribution in [0.4, 0.5) is 0 Å². The van der Waals surface area contributed by atoms with Crippen LogP contribution in [0, 0.1) is 17.8 Å².